The molecule has 0 spiro atoms. The van der Waals surface area contributed by atoms with Gasteiger partial charge in [0.15, 0.2) is 0 Å². The van der Waals surface area contributed by atoms with Crippen molar-refractivity contribution < 1.29 is 13.2 Å². The maximum atomic E-state index is 12.3. The first-order valence-electron chi connectivity index (χ1n) is 6.59. The summed E-state index contributed by atoms with van der Waals surface area (Å²) in [6.07, 6.45) is 2.94. The summed E-state index contributed by atoms with van der Waals surface area (Å²) in [7, 11) is -1.84. The number of ether oxygens (including phenoxy) is 1. The molecule has 2 rings (SSSR count). The molecule has 1 saturated carbocycles. The zero-order valence-corrected chi connectivity index (χ0v) is 12.5. The minimum Gasteiger partial charge on any atom is -0.496 e. The molecule has 4 nitrogen and oxygen atoms in total. The van der Waals surface area contributed by atoms with E-state index in [1.165, 1.54) is 0 Å². The normalized spacial score (nSPS) is 23.5. The topological polar surface area (TPSA) is 55.4 Å². The van der Waals surface area contributed by atoms with Gasteiger partial charge in [0.05, 0.1) is 12.0 Å². The van der Waals surface area contributed by atoms with Crippen molar-refractivity contribution in [1.29, 1.82) is 0 Å². The van der Waals surface area contributed by atoms with E-state index in [0.717, 1.165) is 24.8 Å². The van der Waals surface area contributed by atoms with Crippen LogP contribution in [0.5, 0.6) is 5.75 Å². The molecule has 0 radical (unpaired) electrons. The molecule has 2 unspecified atom stereocenters. The van der Waals surface area contributed by atoms with Crippen LogP contribution in [0, 0.1) is 12.8 Å². The number of rotatable bonds is 4. The molecule has 1 N–H and O–H groups in total. The minimum atomic E-state index is -3.42. The molecule has 1 fully saturated rings. The standard InChI is InChI=1S/C14H21NO3S/c1-10-4-5-12(8-10)15-19(16,17)13-6-7-14(18-3)11(2)9-13/h6-7,9-10,12,15H,4-5,8H2,1-3H3. The predicted molar refractivity (Wildman–Crippen MR) is 74.9 cm³/mol. The lowest BCUT2D eigenvalue weighted by Crippen LogP contribution is -2.32. The van der Waals surface area contributed by atoms with Crippen molar-refractivity contribution in [2.75, 3.05) is 7.11 Å². The van der Waals surface area contributed by atoms with E-state index in [2.05, 4.69) is 11.6 Å². The molecule has 19 heavy (non-hydrogen) atoms. The van der Waals surface area contributed by atoms with Crippen LogP contribution < -0.4 is 9.46 Å². The summed E-state index contributed by atoms with van der Waals surface area (Å²) in [5.74, 6) is 1.30. The Morgan fingerprint density at radius 2 is 2.05 bits per heavy atom. The Balaban J connectivity index is 2.17. The molecule has 1 aromatic carbocycles. The van der Waals surface area contributed by atoms with Gasteiger partial charge in [-0.05, 0) is 55.9 Å². The summed E-state index contributed by atoms with van der Waals surface area (Å²) in [6, 6.07) is 5.01. The predicted octanol–water partition coefficient (Wildman–Crippen LogP) is 2.47. The van der Waals surface area contributed by atoms with Crippen LogP contribution in [0.3, 0.4) is 0 Å². The molecule has 0 saturated heterocycles. The van der Waals surface area contributed by atoms with Gasteiger partial charge in [-0.3, -0.25) is 0 Å². The molecule has 1 aliphatic rings. The summed E-state index contributed by atoms with van der Waals surface area (Å²) >= 11 is 0. The average molecular weight is 283 g/mol. The molecule has 0 bridgehead atoms. The fourth-order valence-corrected chi connectivity index (χ4v) is 3.99. The number of aryl methyl sites for hydroxylation is 1. The summed E-state index contributed by atoms with van der Waals surface area (Å²) < 4.78 is 32.5. The van der Waals surface area contributed by atoms with Crippen LogP contribution in [0.1, 0.15) is 31.7 Å². The smallest absolute Gasteiger partial charge is 0.240 e. The molecule has 0 amide bonds. The van der Waals surface area contributed by atoms with Gasteiger partial charge >= 0.3 is 0 Å². The highest BCUT2D eigenvalue weighted by Crippen LogP contribution is 2.27. The lowest BCUT2D eigenvalue weighted by molar-refractivity contribution is 0.411. The van der Waals surface area contributed by atoms with Crippen molar-refractivity contribution in [3.05, 3.63) is 23.8 Å². The molecule has 0 aromatic heterocycles. The van der Waals surface area contributed by atoms with E-state index in [0.29, 0.717) is 16.6 Å². The highest BCUT2D eigenvalue weighted by atomic mass is 32.2. The van der Waals surface area contributed by atoms with Crippen molar-refractivity contribution in [2.45, 2.75) is 44.0 Å². The first kappa shape index (κ1) is 14.3. The van der Waals surface area contributed by atoms with Gasteiger partial charge in [-0.1, -0.05) is 6.92 Å². The van der Waals surface area contributed by atoms with Gasteiger partial charge in [-0.25, -0.2) is 13.1 Å². The highest BCUT2D eigenvalue weighted by molar-refractivity contribution is 7.89. The van der Waals surface area contributed by atoms with Crippen LogP contribution in [0.15, 0.2) is 23.1 Å². The molecular formula is C14H21NO3S. The molecule has 1 aromatic rings. The van der Waals surface area contributed by atoms with Gasteiger partial charge in [-0.2, -0.15) is 0 Å². The van der Waals surface area contributed by atoms with Gasteiger partial charge in [-0.15, -0.1) is 0 Å². The Hall–Kier alpha value is -1.07. The fourth-order valence-electron chi connectivity index (χ4n) is 2.62. The molecule has 106 valence electrons. The fraction of sp³-hybridized carbons (Fsp3) is 0.571. The largest absolute Gasteiger partial charge is 0.496 e. The van der Waals surface area contributed by atoms with Crippen molar-refractivity contribution >= 4 is 10.0 Å². The third-order valence-electron chi connectivity index (χ3n) is 3.69. The molecule has 0 aliphatic heterocycles. The van der Waals surface area contributed by atoms with Crippen LogP contribution in [-0.2, 0) is 10.0 Å². The summed E-state index contributed by atoms with van der Waals surface area (Å²) in [4.78, 5) is 0.311. The van der Waals surface area contributed by atoms with E-state index < -0.39 is 10.0 Å². The van der Waals surface area contributed by atoms with Gasteiger partial charge in [0.25, 0.3) is 0 Å². The second-order valence-electron chi connectivity index (χ2n) is 5.37. The Morgan fingerprint density at radius 3 is 2.58 bits per heavy atom. The Labute approximate surface area is 115 Å². The Bertz CT molecular complexity index is 554. The number of methoxy groups -OCH3 is 1. The number of sulfonamides is 1. The number of nitrogens with one attached hydrogen (secondary N) is 1. The van der Waals surface area contributed by atoms with Gasteiger partial charge < -0.3 is 4.74 Å². The summed E-state index contributed by atoms with van der Waals surface area (Å²) in [6.45, 7) is 4.00. The zero-order valence-electron chi connectivity index (χ0n) is 11.6. The maximum Gasteiger partial charge on any atom is 0.240 e. The van der Waals surface area contributed by atoms with Crippen LogP contribution in [0.25, 0.3) is 0 Å². The van der Waals surface area contributed by atoms with Crippen molar-refractivity contribution in [2.24, 2.45) is 5.92 Å². The second kappa shape index (κ2) is 5.51. The number of hydrogen-bond acceptors (Lipinski definition) is 3. The summed E-state index contributed by atoms with van der Waals surface area (Å²) in [5, 5.41) is 0. The van der Waals surface area contributed by atoms with Crippen molar-refractivity contribution in [3.8, 4) is 5.75 Å². The lowest BCUT2D eigenvalue weighted by Gasteiger charge is -2.14. The first-order valence-corrected chi connectivity index (χ1v) is 8.07. The maximum absolute atomic E-state index is 12.3. The van der Waals surface area contributed by atoms with Gasteiger partial charge in [0, 0.05) is 6.04 Å². The van der Waals surface area contributed by atoms with Gasteiger partial charge in [0.2, 0.25) is 10.0 Å². The first-order chi connectivity index (χ1) is 8.92. The minimum absolute atomic E-state index is 0.0717. The van der Waals surface area contributed by atoms with E-state index in [1.807, 2.05) is 6.92 Å². The number of benzene rings is 1. The van der Waals surface area contributed by atoms with E-state index in [4.69, 9.17) is 4.74 Å². The van der Waals surface area contributed by atoms with Crippen molar-refractivity contribution in [1.82, 2.24) is 4.72 Å². The quantitative estimate of drug-likeness (QED) is 0.923. The van der Waals surface area contributed by atoms with Gasteiger partial charge in [0.1, 0.15) is 5.75 Å². The van der Waals surface area contributed by atoms with Crippen LogP contribution >= 0.6 is 0 Å². The lowest BCUT2D eigenvalue weighted by atomic mass is 10.1. The third-order valence-corrected chi connectivity index (χ3v) is 5.21. The Morgan fingerprint density at radius 1 is 1.32 bits per heavy atom. The number of hydrogen-bond donors (Lipinski definition) is 1. The average Bonchev–Trinajstić information content (AvgIpc) is 2.73. The van der Waals surface area contributed by atoms with E-state index in [-0.39, 0.29) is 6.04 Å². The molecular weight excluding hydrogens is 262 g/mol. The molecule has 0 heterocycles. The second-order valence-corrected chi connectivity index (χ2v) is 7.08. The van der Waals surface area contributed by atoms with Crippen LogP contribution in [0.4, 0.5) is 0 Å². The third kappa shape index (κ3) is 3.28. The van der Waals surface area contributed by atoms with Crippen LogP contribution in [-0.4, -0.2) is 21.6 Å². The van der Waals surface area contributed by atoms with E-state index in [9.17, 15) is 8.42 Å². The molecule has 1 aliphatic carbocycles. The molecule has 2 atom stereocenters. The van der Waals surface area contributed by atoms with Crippen molar-refractivity contribution in [3.63, 3.8) is 0 Å². The van der Waals surface area contributed by atoms with E-state index >= 15 is 0 Å². The monoisotopic (exact) mass is 283 g/mol. The zero-order chi connectivity index (χ0) is 14.0. The van der Waals surface area contributed by atoms with Crippen LogP contribution in [0.2, 0.25) is 0 Å². The SMILES string of the molecule is COc1ccc(S(=O)(=O)NC2CCC(C)C2)cc1C. The Kier molecular flexibility index (Phi) is 4.16. The molecule has 5 heteroatoms. The van der Waals surface area contributed by atoms with E-state index in [1.54, 1.807) is 25.3 Å². The summed E-state index contributed by atoms with van der Waals surface area (Å²) in [5.41, 5.74) is 0.824. The highest BCUT2D eigenvalue weighted by Gasteiger charge is 2.26.